The van der Waals surface area contributed by atoms with Gasteiger partial charge in [-0.1, -0.05) is 12.7 Å². The normalized spacial score (nSPS) is 18.5. The van der Waals surface area contributed by atoms with Crippen LogP contribution in [-0.2, 0) is 7.05 Å². The van der Waals surface area contributed by atoms with Crippen LogP contribution in [-0.4, -0.2) is 21.9 Å². The number of aliphatic imine (C=N–C) groups is 1. The minimum atomic E-state index is 0.852. The number of fused-ring (bicyclic) bond motifs is 1. The first-order valence-electron chi connectivity index (χ1n) is 9.18. The Morgan fingerprint density at radius 1 is 1.31 bits per heavy atom. The van der Waals surface area contributed by atoms with Crippen molar-refractivity contribution in [2.75, 3.05) is 6.26 Å². The molecule has 1 aromatic rings. The number of hydrogen-bond donors (Lipinski definition) is 1. The molecule has 0 atom stereocenters. The molecule has 1 aromatic heterocycles. The molecule has 138 valence electrons. The molecule has 4 nitrogen and oxygen atoms in total. The van der Waals surface area contributed by atoms with E-state index in [1.807, 2.05) is 36.6 Å². The standard InChI is InChI=1S/C21H28N4S/c1-6-14(2)15(3)23-20-11-18-19(26-5)10-8-7-9-17(21(18)24-20)16-12-22-25(4)13-16/h6,12-13H,3,7-11H2,1-2,4-5H3,(H,23,24)/b14-6+,19-18?,21-17?. The van der Waals surface area contributed by atoms with E-state index < -0.39 is 0 Å². The Kier molecular flexibility index (Phi) is 5.87. The Labute approximate surface area is 160 Å². The molecule has 1 aliphatic heterocycles. The summed E-state index contributed by atoms with van der Waals surface area (Å²) < 4.78 is 1.87. The second-order valence-corrected chi connectivity index (χ2v) is 7.75. The molecule has 5 heteroatoms. The summed E-state index contributed by atoms with van der Waals surface area (Å²) >= 11 is 1.87. The second-order valence-electron chi connectivity index (χ2n) is 6.85. The molecule has 0 aromatic carbocycles. The first kappa shape index (κ1) is 18.8. The largest absolute Gasteiger partial charge is 0.344 e. The second kappa shape index (κ2) is 8.12. The van der Waals surface area contributed by atoms with Crippen LogP contribution in [0, 0.1) is 0 Å². The highest BCUT2D eigenvalue weighted by molar-refractivity contribution is 8.02. The summed E-state index contributed by atoms with van der Waals surface area (Å²) in [4.78, 5) is 6.49. The summed E-state index contributed by atoms with van der Waals surface area (Å²) in [7, 11) is 1.97. The lowest BCUT2D eigenvalue weighted by Crippen LogP contribution is -2.20. The van der Waals surface area contributed by atoms with Crippen molar-refractivity contribution in [1.29, 1.82) is 0 Å². The van der Waals surface area contributed by atoms with E-state index in [4.69, 9.17) is 4.99 Å². The quantitative estimate of drug-likeness (QED) is 0.743. The third-order valence-corrected chi connectivity index (χ3v) is 6.03. The lowest BCUT2D eigenvalue weighted by atomic mass is 9.93. The summed E-state index contributed by atoms with van der Waals surface area (Å²) in [5.74, 6) is 0.996. The van der Waals surface area contributed by atoms with Crippen molar-refractivity contribution in [1.82, 2.24) is 15.1 Å². The van der Waals surface area contributed by atoms with E-state index in [0.717, 1.165) is 42.1 Å². The van der Waals surface area contributed by atoms with E-state index >= 15 is 0 Å². The highest BCUT2D eigenvalue weighted by Gasteiger charge is 2.26. The molecule has 0 saturated heterocycles. The average molecular weight is 369 g/mol. The number of nitrogens with one attached hydrogen (secondary N) is 1. The Morgan fingerprint density at radius 3 is 2.73 bits per heavy atom. The van der Waals surface area contributed by atoms with E-state index in [0.29, 0.717) is 0 Å². The molecule has 0 spiro atoms. The molecule has 3 rings (SSSR count). The van der Waals surface area contributed by atoms with Crippen molar-refractivity contribution in [3.8, 4) is 0 Å². The Hall–Kier alpha value is -2.01. The van der Waals surface area contributed by atoms with Crippen molar-refractivity contribution in [2.24, 2.45) is 12.0 Å². The number of aryl methyl sites for hydroxylation is 1. The van der Waals surface area contributed by atoms with Gasteiger partial charge in [0.2, 0.25) is 0 Å². The molecule has 1 aliphatic carbocycles. The van der Waals surface area contributed by atoms with E-state index in [9.17, 15) is 0 Å². The van der Waals surface area contributed by atoms with E-state index in [1.54, 1.807) is 0 Å². The molecular weight excluding hydrogens is 340 g/mol. The first-order valence-corrected chi connectivity index (χ1v) is 10.4. The predicted molar refractivity (Wildman–Crippen MR) is 113 cm³/mol. The van der Waals surface area contributed by atoms with Crippen molar-refractivity contribution in [3.63, 3.8) is 0 Å². The molecule has 0 saturated carbocycles. The van der Waals surface area contributed by atoms with Gasteiger partial charge in [0.25, 0.3) is 0 Å². The van der Waals surface area contributed by atoms with Gasteiger partial charge in [-0.2, -0.15) is 5.10 Å². The van der Waals surface area contributed by atoms with Gasteiger partial charge in [0.05, 0.1) is 11.9 Å². The molecule has 0 unspecified atom stereocenters. The smallest absolute Gasteiger partial charge is 0.111 e. The van der Waals surface area contributed by atoms with Crippen LogP contribution in [0.4, 0.5) is 0 Å². The lowest BCUT2D eigenvalue weighted by Gasteiger charge is -2.17. The third kappa shape index (κ3) is 3.88. The van der Waals surface area contributed by atoms with E-state index in [-0.39, 0.29) is 0 Å². The zero-order chi connectivity index (χ0) is 18.7. The highest BCUT2D eigenvalue weighted by atomic mass is 32.2. The maximum Gasteiger partial charge on any atom is 0.111 e. The van der Waals surface area contributed by atoms with Gasteiger partial charge >= 0.3 is 0 Å². The van der Waals surface area contributed by atoms with Crippen LogP contribution in [0.5, 0.6) is 0 Å². The number of nitrogens with zero attached hydrogens (tertiary/aromatic N) is 3. The van der Waals surface area contributed by atoms with Gasteiger partial charge in [0.1, 0.15) is 5.84 Å². The summed E-state index contributed by atoms with van der Waals surface area (Å²) in [5.41, 5.74) is 7.12. The monoisotopic (exact) mass is 368 g/mol. The molecular formula is C21H28N4S. The fraction of sp³-hybridized carbons (Fsp3) is 0.429. The number of aromatic nitrogens is 2. The van der Waals surface area contributed by atoms with Crippen LogP contribution in [0.3, 0.4) is 0 Å². The summed E-state index contributed by atoms with van der Waals surface area (Å²) in [6.07, 6.45) is 13.8. The zero-order valence-corrected chi connectivity index (χ0v) is 17.0. The van der Waals surface area contributed by atoms with Crippen molar-refractivity contribution in [2.45, 2.75) is 46.0 Å². The van der Waals surface area contributed by atoms with Crippen LogP contribution >= 0.6 is 11.8 Å². The van der Waals surface area contributed by atoms with Gasteiger partial charge in [0.15, 0.2) is 0 Å². The molecule has 0 amide bonds. The van der Waals surface area contributed by atoms with Crippen molar-refractivity contribution < 1.29 is 0 Å². The molecule has 1 N–H and O–H groups in total. The minimum absolute atomic E-state index is 0.852. The number of thioether (sulfide) groups is 1. The topological polar surface area (TPSA) is 42.2 Å². The molecule has 0 bridgehead atoms. The van der Waals surface area contributed by atoms with E-state index in [2.05, 4.69) is 42.4 Å². The van der Waals surface area contributed by atoms with Crippen molar-refractivity contribution in [3.05, 3.63) is 58.1 Å². The third-order valence-electron chi connectivity index (χ3n) is 5.08. The molecule has 0 radical (unpaired) electrons. The van der Waals surface area contributed by atoms with E-state index in [1.165, 1.54) is 34.5 Å². The molecule has 0 fully saturated rings. The summed E-state index contributed by atoms with van der Waals surface area (Å²) in [6.45, 7) is 8.25. The Bertz CT molecular complexity index is 836. The average Bonchev–Trinajstić information content (AvgIpc) is 3.22. The van der Waals surface area contributed by atoms with Crippen LogP contribution < -0.4 is 5.32 Å². The number of hydrogen-bond acceptors (Lipinski definition) is 4. The van der Waals surface area contributed by atoms with Gasteiger partial charge in [-0.25, -0.2) is 4.99 Å². The van der Waals surface area contributed by atoms with Crippen LogP contribution in [0.2, 0.25) is 0 Å². The Balaban J connectivity index is 2.06. The summed E-state index contributed by atoms with van der Waals surface area (Å²) in [5, 5.41) is 7.81. The number of rotatable bonds is 4. The van der Waals surface area contributed by atoms with Crippen LogP contribution in [0.1, 0.15) is 51.5 Å². The van der Waals surface area contributed by atoms with Gasteiger partial charge < -0.3 is 5.32 Å². The molecule has 2 aliphatic rings. The van der Waals surface area contributed by atoms with Gasteiger partial charge in [0, 0.05) is 30.9 Å². The lowest BCUT2D eigenvalue weighted by molar-refractivity contribution is 0.752. The molecule has 26 heavy (non-hydrogen) atoms. The van der Waals surface area contributed by atoms with Crippen LogP contribution in [0.25, 0.3) is 5.57 Å². The SMILES string of the molecule is C=C(NC1=NC2=C(c3cnn(C)c3)CCCCC(SC)=C2C1)/C(C)=C/C. The number of allylic oxidation sites excluding steroid dienone is 5. The zero-order valence-electron chi connectivity index (χ0n) is 16.2. The maximum atomic E-state index is 5.02. The van der Waals surface area contributed by atoms with Gasteiger partial charge in [-0.05, 0) is 67.4 Å². The fourth-order valence-corrected chi connectivity index (χ4v) is 4.20. The van der Waals surface area contributed by atoms with Gasteiger partial charge in [-0.15, -0.1) is 11.8 Å². The predicted octanol–water partition coefficient (Wildman–Crippen LogP) is 5.19. The Morgan fingerprint density at radius 2 is 2.08 bits per heavy atom. The van der Waals surface area contributed by atoms with Crippen LogP contribution in [0.15, 0.2) is 57.5 Å². The number of amidine groups is 1. The van der Waals surface area contributed by atoms with Crippen molar-refractivity contribution >= 4 is 23.2 Å². The summed E-state index contributed by atoms with van der Waals surface area (Å²) in [6, 6.07) is 0. The molecule has 2 heterocycles. The maximum absolute atomic E-state index is 5.02. The fourth-order valence-electron chi connectivity index (χ4n) is 3.43. The minimum Gasteiger partial charge on any atom is -0.344 e. The first-order chi connectivity index (χ1) is 12.5. The highest BCUT2D eigenvalue weighted by Crippen LogP contribution is 2.41. The van der Waals surface area contributed by atoms with Gasteiger partial charge in [-0.3, -0.25) is 4.68 Å².